The summed E-state index contributed by atoms with van der Waals surface area (Å²) in [6.45, 7) is 5.89. The molecule has 1 amide bonds. The van der Waals surface area contributed by atoms with Crippen molar-refractivity contribution in [1.29, 1.82) is 0 Å². The summed E-state index contributed by atoms with van der Waals surface area (Å²) >= 11 is 0. The molecule has 0 aliphatic carbocycles. The van der Waals surface area contributed by atoms with E-state index in [2.05, 4.69) is 5.32 Å². The zero-order chi connectivity index (χ0) is 16.8. The molecule has 1 N–H and O–H groups in total. The van der Waals surface area contributed by atoms with E-state index in [9.17, 15) is 9.59 Å². The minimum Gasteiger partial charge on any atom is -0.496 e. The van der Waals surface area contributed by atoms with E-state index in [0.29, 0.717) is 24.5 Å². The van der Waals surface area contributed by atoms with Gasteiger partial charge in [-0.3, -0.25) is 4.79 Å². The highest BCUT2D eigenvalue weighted by Gasteiger charge is 2.32. The van der Waals surface area contributed by atoms with E-state index in [1.54, 1.807) is 19.1 Å². The number of carbonyl (C=O) groups is 2. The lowest BCUT2D eigenvalue weighted by atomic mass is 10.0. The number of nitrogens with one attached hydrogen (secondary N) is 1. The Bertz CT molecular complexity index is 543. The lowest BCUT2D eigenvalue weighted by molar-refractivity contribution is -0.139. The van der Waals surface area contributed by atoms with Crippen molar-refractivity contribution in [2.24, 2.45) is 0 Å². The first-order valence-corrected chi connectivity index (χ1v) is 7.13. The van der Waals surface area contributed by atoms with Crippen LogP contribution in [0.5, 0.6) is 5.75 Å². The van der Waals surface area contributed by atoms with Crippen LogP contribution in [-0.4, -0.2) is 38.3 Å². The third-order valence-corrected chi connectivity index (χ3v) is 3.48. The van der Waals surface area contributed by atoms with Crippen LogP contribution < -0.4 is 10.1 Å². The van der Waals surface area contributed by atoms with Gasteiger partial charge in [0.1, 0.15) is 16.9 Å². The third kappa shape index (κ3) is 3.98. The molecule has 122 valence electrons. The number of benzene rings is 1. The maximum absolute atomic E-state index is 12.4. The summed E-state index contributed by atoms with van der Waals surface area (Å²) in [5.74, 6) is -0.415. The average Bonchev–Trinajstić information content (AvgIpc) is 2.53. The molecule has 0 radical (unpaired) electrons. The molecular weight excluding hydrogens is 286 g/mol. The van der Waals surface area contributed by atoms with Gasteiger partial charge in [-0.25, -0.2) is 4.79 Å². The fourth-order valence-corrected chi connectivity index (χ4v) is 1.97. The molecule has 0 aromatic heterocycles. The highest BCUT2D eigenvalue weighted by molar-refractivity contribution is 5.99. The van der Waals surface area contributed by atoms with Crippen LogP contribution in [0, 0.1) is 0 Å². The van der Waals surface area contributed by atoms with E-state index in [1.807, 2.05) is 13.8 Å². The SMILES string of the molecule is CCO[C@](C)(CC)C(=O)Nc1ccc(OC)c(C(=O)OC)c1. The minimum absolute atomic E-state index is 0.248. The van der Waals surface area contributed by atoms with E-state index >= 15 is 0 Å². The van der Waals surface area contributed by atoms with Crippen molar-refractivity contribution in [3.05, 3.63) is 23.8 Å². The van der Waals surface area contributed by atoms with Crippen LogP contribution in [0.3, 0.4) is 0 Å². The predicted molar refractivity (Wildman–Crippen MR) is 83.3 cm³/mol. The first-order valence-electron chi connectivity index (χ1n) is 7.13. The number of carbonyl (C=O) groups excluding carboxylic acids is 2. The molecule has 0 aliphatic rings. The van der Waals surface area contributed by atoms with Crippen LogP contribution in [0.1, 0.15) is 37.6 Å². The second-order valence-corrected chi connectivity index (χ2v) is 4.88. The van der Waals surface area contributed by atoms with Gasteiger partial charge in [-0.15, -0.1) is 0 Å². The summed E-state index contributed by atoms with van der Waals surface area (Å²) in [6.07, 6.45) is 0.534. The average molecular weight is 309 g/mol. The zero-order valence-electron chi connectivity index (χ0n) is 13.7. The molecule has 0 fully saturated rings. The Morgan fingerprint density at radius 2 is 1.91 bits per heavy atom. The summed E-state index contributed by atoms with van der Waals surface area (Å²) < 4.78 is 15.4. The van der Waals surface area contributed by atoms with Crippen molar-refractivity contribution >= 4 is 17.6 Å². The second kappa shape index (κ2) is 7.79. The predicted octanol–water partition coefficient (Wildman–Crippen LogP) is 2.63. The van der Waals surface area contributed by atoms with Gasteiger partial charge in [-0.1, -0.05) is 6.92 Å². The summed E-state index contributed by atoms with van der Waals surface area (Å²) in [6, 6.07) is 4.78. The van der Waals surface area contributed by atoms with Crippen molar-refractivity contribution < 1.29 is 23.8 Å². The van der Waals surface area contributed by atoms with Crippen LogP contribution >= 0.6 is 0 Å². The molecule has 0 heterocycles. The van der Waals surface area contributed by atoms with E-state index in [1.165, 1.54) is 20.3 Å². The first kappa shape index (κ1) is 18.0. The Morgan fingerprint density at radius 3 is 2.41 bits per heavy atom. The van der Waals surface area contributed by atoms with Crippen LogP contribution in [-0.2, 0) is 14.3 Å². The molecule has 1 aromatic carbocycles. The zero-order valence-corrected chi connectivity index (χ0v) is 13.7. The van der Waals surface area contributed by atoms with Crippen LogP contribution in [0.15, 0.2) is 18.2 Å². The van der Waals surface area contributed by atoms with Crippen molar-refractivity contribution in [2.75, 3.05) is 26.1 Å². The van der Waals surface area contributed by atoms with Crippen LogP contribution in [0.2, 0.25) is 0 Å². The van der Waals surface area contributed by atoms with Gasteiger partial charge in [-0.05, 0) is 38.5 Å². The smallest absolute Gasteiger partial charge is 0.341 e. The van der Waals surface area contributed by atoms with E-state index < -0.39 is 11.6 Å². The Labute approximate surface area is 130 Å². The molecule has 1 rings (SSSR count). The molecular formula is C16H23NO5. The molecule has 1 atom stereocenters. The second-order valence-electron chi connectivity index (χ2n) is 4.88. The number of hydrogen-bond acceptors (Lipinski definition) is 5. The van der Waals surface area contributed by atoms with Crippen LogP contribution in [0.25, 0.3) is 0 Å². The topological polar surface area (TPSA) is 73.9 Å². The number of methoxy groups -OCH3 is 2. The van der Waals surface area contributed by atoms with Gasteiger partial charge in [-0.2, -0.15) is 0 Å². The molecule has 0 saturated carbocycles. The first-order chi connectivity index (χ1) is 10.4. The third-order valence-electron chi connectivity index (χ3n) is 3.48. The summed E-state index contributed by atoms with van der Waals surface area (Å²) in [4.78, 5) is 24.1. The quantitative estimate of drug-likeness (QED) is 0.784. The molecule has 6 heteroatoms. The molecule has 6 nitrogen and oxygen atoms in total. The Hall–Kier alpha value is -2.08. The molecule has 0 saturated heterocycles. The number of hydrogen-bond donors (Lipinski definition) is 1. The van der Waals surface area contributed by atoms with Crippen molar-refractivity contribution in [2.45, 2.75) is 32.8 Å². The van der Waals surface area contributed by atoms with E-state index in [0.717, 1.165) is 0 Å². The monoisotopic (exact) mass is 309 g/mol. The van der Waals surface area contributed by atoms with Gasteiger partial charge in [0, 0.05) is 12.3 Å². The Balaban J connectivity index is 3.03. The van der Waals surface area contributed by atoms with Crippen molar-refractivity contribution in [1.82, 2.24) is 0 Å². The van der Waals surface area contributed by atoms with Gasteiger partial charge < -0.3 is 19.5 Å². The van der Waals surface area contributed by atoms with Gasteiger partial charge in [0.2, 0.25) is 0 Å². The minimum atomic E-state index is -0.917. The Kier molecular flexibility index (Phi) is 6.37. The molecule has 0 unspecified atom stereocenters. The lowest BCUT2D eigenvalue weighted by Crippen LogP contribution is -2.42. The number of rotatable bonds is 7. The normalized spacial score (nSPS) is 13.1. The highest BCUT2D eigenvalue weighted by atomic mass is 16.5. The Morgan fingerprint density at radius 1 is 1.23 bits per heavy atom. The van der Waals surface area contributed by atoms with E-state index in [-0.39, 0.29) is 11.5 Å². The lowest BCUT2D eigenvalue weighted by Gasteiger charge is -2.26. The largest absolute Gasteiger partial charge is 0.496 e. The number of ether oxygens (including phenoxy) is 3. The number of esters is 1. The molecule has 22 heavy (non-hydrogen) atoms. The van der Waals surface area contributed by atoms with Gasteiger partial charge in [0.15, 0.2) is 0 Å². The summed E-state index contributed by atoms with van der Waals surface area (Å²) in [5.41, 5.74) is -0.192. The molecule has 0 spiro atoms. The fourth-order valence-electron chi connectivity index (χ4n) is 1.97. The number of amides is 1. The van der Waals surface area contributed by atoms with Gasteiger partial charge >= 0.3 is 5.97 Å². The summed E-state index contributed by atoms with van der Waals surface area (Å²) in [7, 11) is 2.75. The van der Waals surface area contributed by atoms with Crippen molar-refractivity contribution in [3.8, 4) is 5.75 Å². The fraction of sp³-hybridized carbons (Fsp3) is 0.500. The number of anilines is 1. The molecule has 0 bridgehead atoms. The molecule has 0 aliphatic heterocycles. The van der Waals surface area contributed by atoms with Gasteiger partial charge in [0.25, 0.3) is 5.91 Å². The van der Waals surface area contributed by atoms with Gasteiger partial charge in [0.05, 0.1) is 14.2 Å². The highest BCUT2D eigenvalue weighted by Crippen LogP contribution is 2.25. The van der Waals surface area contributed by atoms with E-state index in [4.69, 9.17) is 14.2 Å². The maximum Gasteiger partial charge on any atom is 0.341 e. The molecule has 1 aromatic rings. The van der Waals surface area contributed by atoms with Crippen LogP contribution in [0.4, 0.5) is 5.69 Å². The summed E-state index contributed by atoms with van der Waals surface area (Å²) in [5, 5.41) is 2.76. The maximum atomic E-state index is 12.4. The standard InChI is InChI=1S/C16H23NO5/c1-6-16(3,22-7-2)15(19)17-11-8-9-13(20-4)12(10-11)14(18)21-5/h8-10H,6-7H2,1-5H3,(H,17,19)/t16-/m1/s1. The van der Waals surface area contributed by atoms with Crippen molar-refractivity contribution in [3.63, 3.8) is 0 Å².